The van der Waals surface area contributed by atoms with Crippen LogP contribution in [0.4, 0.5) is 5.69 Å². The maximum Gasteiger partial charge on any atom is 0.253 e. The van der Waals surface area contributed by atoms with E-state index in [4.69, 9.17) is 4.74 Å². The molecule has 5 nitrogen and oxygen atoms in total. The molecule has 136 valence electrons. The van der Waals surface area contributed by atoms with Gasteiger partial charge in [-0.05, 0) is 37.8 Å². The fourth-order valence-electron chi connectivity index (χ4n) is 3.65. The van der Waals surface area contributed by atoms with Crippen LogP contribution in [0, 0.1) is 0 Å². The van der Waals surface area contributed by atoms with Gasteiger partial charge in [-0.1, -0.05) is 31.4 Å². The topological polar surface area (TPSA) is 58.6 Å². The van der Waals surface area contributed by atoms with Crippen LogP contribution in [0.15, 0.2) is 24.3 Å². The fraction of sp³-hybridized carbons (Fsp3) is 0.600. The minimum absolute atomic E-state index is 0.0983. The van der Waals surface area contributed by atoms with E-state index in [0.29, 0.717) is 37.8 Å². The number of anilines is 1. The third-order valence-corrected chi connectivity index (χ3v) is 5.03. The molecule has 1 saturated heterocycles. The number of benzene rings is 1. The van der Waals surface area contributed by atoms with Gasteiger partial charge in [-0.25, -0.2) is 0 Å². The first-order valence-electron chi connectivity index (χ1n) is 9.55. The molecule has 0 atom stereocenters. The highest BCUT2D eigenvalue weighted by molar-refractivity contribution is 6.05. The normalized spacial score (nSPS) is 18.6. The Kier molecular flexibility index (Phi) is 6.45. The molecule has 1 N–H and O–H groups in total. The second kappa shape index (κ2) is 8.99. The molecular formula is C20H28N2O3. The molecule has 1 heterocycles. The van der Waals surface area contributed by atoms with E-state index in [1.165, 1.54) is 32.1 Å². The number of nitrogens with zero attached hydrogens (tertiary/aromatic N) is 1. The van der Waals surface area contributed by atoms with Crippen molar-refractivity contribution in [3.05, 3.63) is 29.8 Å². The van der Waals surface area contributed by atoms with Gasteiger partial charge < -0.3 is 15.0 Å². The maximum atomic E-state index is 12.5. The van der Waals surface area contributed by atoms with Crippen molar-refractivity contribution in [2.24, 2.45) is 0 Å². The van der Waals surface area contributed by atoms with E-state index in [-0.39, 0.29) is 11.8 Å². The van der Waals surface area contributed by atoms with Gasteiger partial charge in [-0.3, -0.25) is 9.59 Å². The minimum Gasteiger partial charge on any atom is -0.378 e. The molecule has 2 amide bonds. The Morgan fingerprint density at radius 3 is 2.72 bits per heavy atom. The molecule has 1 aromatic rings. The fourth-order valence-corrected chi connectivity index (χ4v) is 3.65. The predicted octanol–water partition coefficient (Wildman–Crippen LogP) is 3.28. The number of nitrogens with one attached hydrogen (secondary N) is 1. The van der Waals surface area contributed by atoms with Gasteiger partial charge in [-0.15, -0.1) is 0 Å². The smallest absolute Gasteiger partial charge is 0.253 e. The van der Waals surface area contributed by atoms with Crippen molar-refractivity contribution in [3.63, 3.8) is 0 Å². The summed E-state index contributed by atoms with van der Waals surface area (Å²) in [5.41, 5.74) is 1.30. The molecule has 1 saturated carbocycles. The largest absolute Gasteiger partial charge is 0.378 e. The van der Waals surface area contributed by atoms with Gasteiger partial charge in [0.1, 0.15) is 0 Å². The molecule has 1 aliphatic heterocycles. The van der Waals surface area contributed by atoms with E-state index in [2.05, 4.69) is 5.32 Å². The van der Waals surface area contributed by atoms with Gasteiger partial charge >= 0.3 is 0 Å². The lowest BCUT2D eigenvalue weighted by Crippen LogP contribution is -2.30. The zero-order valence-electron chi connectivity index (χ0n) is 14.8. The van der Waals surface area contributed by atoms with Crippen LogP contribution in [-0.2, 0) is 9.53 Å². The molecule has 2 fully saturated rings. The van der Waals surface area contributed by atoms with Crippen LogP contribution in [0.2, 0.25) is 0 Å². The summed E-state index contributed by atoms with van der Waals surface area (Å²) in [7, 11) is 0. The summed E-state index contributed by atoms with van der Waals surface area (Å²) in [6.07, 6.45) is 8.85. The van der Waals surface area contributed by atoms with Crippen molar-refractivity contribution < 1.29 is 14.3 Å². The van der Waals surface area contributed by atoms with Gasteiger partial charge in [0.15, 0.2) is 0 Å². The van der Waals surface area contributed by atoms with Crippen LogP contribution in [0.1, 0.15) is 61.7 Å². The molecule has 0 aromatic heterocycles. The highest BCUT2D eigenvalue weighted by Gasteiger charge is 2.25. The third kappa shape index (κ3) is 4.82. The molecule has 0 unspecified atom stereocenters. The number of ether oxygens (including phenoxy) is 1. The van der Waals surface area contributed by atoms with Crippen molar-refractivity contribution >= 4 is 17.5 Å². The molecule has 25 heavy (non-hydrogen) atoms. The Morgan fingerprint density at radius 1 is 1.16 bits per heavy atom. The quantitative estimate of drug-likeness (QED) is 0.772. The predicted molar refractivity (Wildman–Crippen MR) is 97.8 cm³/mol. The second-order valence-corrected chi connectivity index (χ2v) is 6.91. The summed E-state index contributed by atoms with van der Waals surface area (Å²) < 4.78 is 5.89. The first-order chi connectivity index (χ1) is 12.3. The van der Waals surface area contributed by atoms with Crippen LogP contribution < -0.4 is 10.2 Å². The van der Waals surface area contributed by atoms with Crippen molar-refractivity contribution in [1.82, 2.24) is 5.32 Å². The lowest BCUT2D eigenvalue weighted by molar-refractivity contribution is -0.117. The van der Waals surface area contributed by atoms with Gasteiger partial charge in [0, 0.05) is 26.1 Å². The van der Waals surface area contributed by atoms with Gasteiger partial charge in [0.25, 0.3) is 5.91 Å². The van der Waals surface area contributed by atoms with Crippen molar-refractivity contribution in [2.75, 3.05) is 24.6 Å². The van der Waals surface area contributed by atoms with E-state index < -0.39 is 0 Å². The van der Waals surface area contributed by atoms with Crippen molar-refractivity contribution in [1.29, 1.82) is 0 Å². The van der Waals surface area contributed by atoms with Crippen LogP contribution in [0.3, 0.4) is 0 Å². The van der Waals surface area contributed by atoms with Crippen molar-refractivity contribution in [2.45, 2.75) is 57.5 Å². The van der Waals surface area contributed by atoms with Gasteiger partial charge in [0.2, 0.25) is 5.91 Å². The monoisotopic (exact) mass is 344 g/mol. The molecule has 0 bridgehead atoms. The Labute approximate surface area is 149 Å². The second-order valence-electron chi connectivity index (χ2n) is 6.91. The van der Waals surface area contributed by atoms with Crippen LogP contribution in [0.25, 0.3) is 0 Å². The summed E-state index contributed by atoms with van der Waals surface area (Å²) >= 11 is 0. The van der Waals surface area contributed by atoms with Gasteiger partial charge in [-0.2, -0.15) is 0 Å². The average molecular weight is 344 g/mol. The van der Waals surface area contributed by atoms with E-state index >= 15 is 0 Å². The standard InChI is InChI=1S/C20H28N2O3/c23-19-12-6-14-22(19)18-11-5-4-10-17(18)20(24)21-13-7-15-25-16-8-2-1-3-9-16/h4-5,10-11,16H,1-3,6-9,12-15H2,(H,21,24). The van der Waals surface area contributed by atoms with Gasteiger partial charge in [0.05, 0.1) is 17.4 Å². The Hall–Kier alpha value is -1.88. The molecule has 5 heteroatoms. The number of hydrogen-bond acceptors (Lipinski definition) is 3. The molecule has 2 aliphatic rings. The summed E-state index contributed by atoms with van der Waals surface area (Å²) in [6.45, 7) is 1.98. The molecular weight excluding hydrogens is 316 g/mol. The zero-order chi connectivity index (χ0) is 17.5. The number of para-hydroxylation sites is 1. The van der Waals surface area contributed by atoms with Crippen LogP contribution >= 0.6 is 0 Å². The van der Waals surface area contributed by atoms with E-state index in [1.807, 2.05) is 18.2 Å². The Morgan fingerprint density at radius 2 is 1.96 bits per heavy atom. The first-order valence-corrected chi connectivity index (χ1v) is 9.55. The van der Waals surface area contributed by atoms with Crippen LogP contribution in [0.5, 0.6) is 0 Å². The number of carbonyl (C=O) groups excluding carboxylic acids is 2. The molecule has 0 spiro atoms. The zero-order valence-corrected chi connectivity index (χ0v) is 14.8. The highest BCUT2D eigenvalue weighted by atomic mass is 16.5. The van der Waals surface area contributed by atoms with E-state index in [9.17, 15) is 9.59 Å². The van der Waals surface area contributed by atoms with E-state index in [1.54, 1.807) is 11.0 Å². The molecule has 1 aromatic carbocycles. The summed E-state index contributed by atoms with van der Waals surface area (Å²) in [5.74, 6) is -0.0194. The lowest BCUT2D eigenvalue weighted by Gasteiger charge is -2.22. The molecule has 1 aliphatic carbocycles. The molecule has 0 radical (unpaired) electrons. The lowest BCUT2D eigenvalue weighted by atomic mass is 9.98. The van der Waals surface area contributed by atoms with Crippen molar-refractivity contribution in [3.8, 4) is 0 Å². The average Bonchev–Trinajstić information content (AvgIpc) is 3.08. The number of carbonyl (C=O) groups is 2. The number of rotatable bonds is 7. The Bertz CT molecular complexity index is 596. The summed E-state index contributed by atoms with van der Waals surface area (Å²) in [6, 6.07) is 7.35. The van der Waals surface area contributed by atoms with Crippen LogP contribution in [-0.4, -0.2) is 37.6 Å². The maximum absolute atomic E-state index is 12.5. The summed E-state index contributed by atoms with van der Waals surface area (Å²) in [5, 5.41) is 2.96. The first kappa shape index (κ1) is 17.9. The SMILES string of the molecule is O=C(NCCCOC1CCCCC1)c1ccccc1N1CCCC1=O. The Balaban J connectivity index is 1.46. The number of hydrogen-bond donors (Lipinski definition) is 1. The highest BCUT2D eigenvalue weighted by Crippen LogP contribution is 2.25. The summed E-state index contributed by atoms with van der Waals surface area (Å²) in [4.78, 5) is 26.2. The minimum atomic E-state index is -0.118. The number of amides is 2. The molecule has 3 rings (SSSR count). The van der Waals surface area contributed by atoms with E-state index in [0.717, 1.165) is 18.5 Å². The third-order valence-electron chi connectivity index (χ3n) is 5.03.